The van der Waals surface area contributed by atoms with Crippen molar-refractivity contribution in [2.24, 2.45) is 5.92 Å². The number of aryl methyl sites for hydroxylation is 1. The van der Waals surface area contributed by atoms with Crippen LogP contribution in [0.5, 0.6) is 11.5 Å². The predicted octanol–water partition coefficient (Wildman–Crippen LogP) is 2.37. The molecule has 21 heavy (non-hydrogen) atoms. The maximum Gasteiger partial charge on any atom is 0.238 e. The SMILES string of the molecule is COc1cc(C)c(NC(=O)CNCC2CC2)cc1OC.Cl. The number of carbonyl (C=O) groups excluding carboxylic acids is 1. The average molecular weight is 315 g/mol. The molecule has 0 heterocycles. The van der Waals surface area contributed by atoms with E-state index in [2.05, 4.69) is 10.6 Å². The van der Waals surface area contributed by atoms with Crippen molar-refractivity contribution in [1.29, 1.82) is 0 Å². The Morgan fingerprint density at radius 1 is 1.24 bits per heavy atom. The normalized spacial score (nSPS) is 13.3. The number of carbonyl (C=O) groups is 1. The molecule has 1 aliphatic rings. The van der Waals surface area contributed by atoms with Crippen molar-refractivity contribution >= 4 is 24.0 Å². The molecular formula is C15H23ClN2O3. The molecule has 1 aromatic rings. The van der Waals surface area contributed by atoms with E-state index >= 15 is 0 Å². The summed E-state index contributed by atoms with van der Waals surface area (Å²) in [4.78, 5) is 11.9. The molecule has 118 valence electrons. The summed E-state index contributed by atoms with van der Waals surface area (Å²) in [5.41, 5.74) is 1.69. The third kappa shape index (κ3) is 5.10. The van der Waals surface area contributed by atoms with Crippen molar-refractivity contribution in [3.8, 4) is 11.5 Å². The molecule has 0 radical (unpaired) electrons. The molecule has 5 nitrogen and oxygen atoms in total. The zero-order valence-electron chi connectivity index (χ0n) is 12.7. The Bertz CT molecular complexity index is 490. The smallest absolute Gasteiger partial charge is 0.238 e. The van der Waals surface area contributed by atoms with Gasteiger partial charge in [-0.3, -0.25) is 4.79 Å². The minimum atomic E-state index is -0.0408. The standard InChI is InChI=1S/C15H22N2O3.ClH/c1-10-6-13(19-2)14(20-3)7-12(10)17-15(18)9-16-8-11-4-5-11;/h6-7,11,16H,4-5,8-9H2,1-3H3,(H,17,18);1H. The Morgan fingerprint density at radius 3 is 2.43 bits per heavy atom. The Morgan fingerprint density at radius 2 is 1.86 bits per heavy atom. The average Bonchev–Trinajstić information content (AvgIpc) is 3.24. The molecule has 0 atom stereocenters. The summed E-state index contributed by atoms with van der Waals surface area (Å²) < 4.78 is 10.5. The van der Waals surface area contributed by atoms with Crippen molar-refractivity contribution in [1.82, 2.24) is 5.32 Å². The van der Waals surface area contributed by atoms with Gasteiger partial charge in [0.05, 0.1) is 20.8 Å². The first-order chi connectivity index (χ1) is 9.63. The van der Waals surface area contributed by atoms with Gasteiger partial charge in [0.1, 0.15) is 0 Å². The van der Waals surface area contributed by atoms with Crippen LogP contribution < -0.4 is 20.1 Å². The van der Waals surface area contributed by atoms with Gasteiger partial charge >= 0.3 is 0 Å². The lowest BCUT2D eigenvalue weighted by atomic mass is 10.1. The van der Waals surface area contributed by atoms with Gasteiger partial charge in [-0.1, -0.05) is 0 Å². The van der Waals surface area contributed by atoms with E-state index in [1.807, 2.05) is 13.0 Å². The summed E-state index contributed by atoms with van der Waals surface area (Å²) >= 11 is 0. The maximum atomic E-state index is 11.9. The van der Waals surface area contributed by atoms with Crippen LogP contribution in [0.25, 0.3) is 0 Å². The van der Waals surface area contributed by atoms with Crippen LogP contribution in [-0.4, -0.2) is 33.2 Å². The molecule has 0 spiro atoms. The van der Waals surface area contributed by atoms with Crippen LogP contribution in [0.15, 0.2) is 12.1 Å². The molecule has 6 heteroatoms. The predicted molar refractivity (Wildman–Crippen MR) is 85.8 cm³/mol. The number of methoxy groups -OCH3 is 2. The monoisotopic (exact) mass is 314 g/mol. The number of amides is 1. The second-order valence-electron chi connectivity index (χ2n) is 5.14. The molecule has 0 saturated heterocycles. The Labute approximate surface area is 131 Å². The first-order valence-electron chi connectivity index (χ1n) is 6.87. The summed E-state index contributed by atoms with van der Waals surface area (Å²) in [6, 6.07) is 3.64. The summed E-state index contributed by atoms with van der Waals surface area (Å²) in [6.07, 6.45) is 2.56. The highest BCUT2D eigenvalue weighted by molar-refractivity contribution is 5.93. The Balaban J connectivity index is 0.00000220. The highest BCUT2D eigenvalue weighted by Crippen LogP contribution is 2.32. The van der Waals surface area contributed by atoms with Gasteiger partial charge in [-0.25, -0.2) is 0 Å². The molecule has 0 aromatic heterocycles. The second-order valence-corrected chi connectivity index (χ2v) is 5.14. The van der Waals surface area contributed by atoms with E-state index in [1.54, 1.807) is 20.3 Å². The van der Waals surface area contributed by atoms with Crippen LogP contribution in [0, 0.1) is 12.8 Å². The molecule has 0 aliphatic heterocycles. The zero-order valence-corrected chi connectivity index (χ0v) is 13.5. The summed E-state index contributed by atoms with van der Waals surface area (Å²) in [6.45, 7) is 3.19. The number of rotatable bonds is 7. The van der Waals surface area contributed by atoms with Crippen LogP contribution in [0.1, 0.15) is 18.4 Å². The van der Waals surface area contributed by atoms with Gasteiger partial charge < -0.3 is 20.1 Å². The maximum absolute atomic E-state index is 11.9. The van der Waals surface area contributed by atoms with E-state index in [-0.39, 0.29) is 18.3 Å². The van der Waals surface area contributed by atoms with E-state index in [1.165, 1.54) is 12.8 Å². The lowest BCUT2D eigenvalue weighted by Gasteiger charge is -2.13. The van der Waals surface area contributed by atoms with Crippen LogP contribution in [0.4, 0.5) is 5.69 Å². The number of benzene rings is 1. The second kappa shape index (κ2) is 8.10. The van der Waals surface area contributed by atoms with Crippen LogP contribution >= 0.6 is 12.4 Å². The number of hydrogen-bond donors (Lipinski definition) is 2. The lowest BCUT2D eigenvalue weighted by Crippen LogP contribution is -2.29. The number of ether oxygens (including phenoxy) is 2. The summed E-state index contributed by atoms with van der Waals surface area (Å²) in [5, 5.41) is 6.06. The third-order valence-electron chi connectivity index (χ3n) is 3.42. The fourth-order valence-corrected chi connectivity index (χ4v) is 2.02. The summed E-state index contributed by atoms with van der Waals surface area (Å²) in [7, 11) is 3.17. The van der Waals surface area contributed by atoms with Crippen molar-refractivity contribution in [3.63, 3.8) is 0 Å². The van der Waals surface area contributed by atoms with E-state index < -0.39 is 0 Å². The minimum absolute atomic E-state index is 0. The first kappa shape index (κ1) is 17.6. The fraction of sp³-hybridized carbons (Fsp3) is 0.533. The highest BCUT2D eigenvalue weighted by atomic mass is 35.5. The van der Waals surface area contributed by atoms with Gasteiger partial charge in [0.2, 0.25) is 5.91 Å². The fourth-order valence-electron chi connectivity index (χ4n) is 2.02. The topological polar surface area (TPSA) is 59.6 Å². The number of nitrogens with one attached hydrogen (secondary N) is 2. The highest BCUT2D eigenvalue weighted by Gasteiger charge is 2.20. The molecule has 0 bridgehead atoms. The van der Waals surface area contributed by atoms with Gasteiger partial charge in [0.15, 0.2) is 11.5 Å². The lowest BCUT2D eigenvalue weighted by molar-refractivity contribution is -0.115. The molecule has 1 saturated carbocycles. The molecule has 2 N–H and O–H groups in total. The van der Waals surface area contributed by atoms with Gasteiger partial charge in [0, 0.05) is 11.8 Å². The summed E-state index contributed by atoms with van der Waals surface area (Å²) in [5.74, 6) is 2.00. The molecule has 0 unspecified atom stereocenters. The van der Waals surface area contributed by atoms with Crippen molar-refractivity contribution in [3.05, 3.63) is 17.7 Å². The van der Waals surface area contributed by atoms with Crippen molar-refractivity contribution < 1.29 is 14.3 Å². The van der Waals surface area contributed by atoms with E-state index in [4.69, 9.17) is 9.47 Å². The number of halogens is 1. The molecule has 2 rings (SSSR count). The molecule has 1 aromatic carbocycles. The van der Waals surface area contributed by atoms with Crippen LogP contribution in [0.2, 0.25) is 0 Å². The van der Waals surface area contributed by atoms with E-state index in [0.717, 1.165) is 23.7 Å². The van der Waals surface area contributed by atoms with E-state index in [0.29, 0.717) is 18.0 Å². The van der Waals surface area contributed by atoms with Gasteiger partial charge in [-0.15, -0.1) is 12.4 Å². The van der Waals surface area contributed by atoms with Gasteiger partial charge in [0.25, 0.3) is 0 Å². The largest absolute Gasteiger partial charge is 0.493 e. The van der Waals surface area contributed by atoms with E-state index in [9.17, 15) is 4.79 Å². The Kier molecular flexibility index (Phi) is 6.78. The third-order valence-corrected chi connectivity index (χ3v) is 3.42. The minimum Gasteiger partial charge on any atom is -0.493 e. The quantitative estimate of drug-likeness (QED) is 0.811. The van der Waals surface area contributed by atoms with Gasteiger partial charge in [-0.05, 0) is 43.9 Å². The molecular weight excluding hydrogens is 292 g/mol. The van der Waals surface area contributed by atoms with Crippen LogP contribution in [0.3, 0.4) is 0 Å². The molecule has 1 fully saturated rings. The number of hydrogen-bond acceptors (Lipinski definition) is 4. The van der Waals surface area contributed by atoms with Crippen molar-refractivity contribution in [2.75, 3.05) is 32.6 Å². The Hall–Kier alpha value is -1.46. The molecule has 1 amide bonds. The number of anilines is 1. The first-order valence-corrected chi connectivity index (χ1v) is 6.87. The van der Waals surface area contributed by atoms with Gasteiger partial charge in [-0.2, -0.15) is 0 Å². The molecule has 1 aliphatic carbocycles. The van der Waals surface area contributed by atoms with Crippen LogP contribution in [-0.2, 0) is 4.79 Å². The van der Waals surface area contributed by atoms with Crippen molar-refractivity contribution in [2.45, 2.75) is 19.8 Å². The zero-order chi connectivity index (χ0) is 14.5.